The minimum absolute atomic E-state index is 0.171. The summed E-state index contributed by atoms with van der Waals surface area (Å²) in [6, 6.07) is 0. The van der Waals surface area contributed by atoms with Gasteiger partial charge in [-0.3, -0.25) is 0 Å². The summed E-state index contributed by atoms with van der Waals surface area (Å²) in [5.41, 5.74) is 0. The number of alkyl halides is 2. The molecule has 80 valence electrons. The van der Waals surface area contributed by atoms with E-state index in [-0.39, 0.29) is 5.01 Å². The molecule has 0 aliphatic rings. The molecule has 0 rings (SSSR count). The molecule has 0 aliphatic heterocycles. The van der Waals surface area contributed by atoms with Crippen molar-refractivity contribution < 1.29 is 4.74 Å². The first-order valence-corrected chi connectivity index (χ1v) is 6.95. The normalized spacial score (nSPS) is 15.7. The maximum Gasteiger partial charge on any atom is 0.124 e. The van der Waals surface area contributed by atoms with E-state index in [4.69, 9.17) is 4.74 Å². The minimum Gasteiger partial charge on any atom is -0.366 e. The Balaban J connectivity index is 3.32. The Bertz CT molecular complexity index is 109. The van der Waals surface area contributed by atoms with Crippen LogP contribution in [0.5, 0.6) is 0 Å². The third kappa shape index (κ3) is 7.95. The van der Waals surface area contributed by atoms with Crippen LogP contribution in [-0.4, -0.2) is 16.4 Å². The van der Waals surface area contributed by atoms with E-state index in [9.17, 15) is 0 Å². The van der Waals surface area contributed by atoms with Gasteiger partial charge in [-0.25, -0.2) is 0 Å². The molecular formula is C10H20Br2O. The lowest BCUT2D eigenvalue weighted by molar-refractivity contribution is 0.111. The first-order valence-electron chi connectivity index (χ1n) is 5.12. The molecule has 0 amide bonds. The number of ether oxygens (including phenoxy) is 1. The molecule has 0 radical (unpaired) electrons. The van der Waals surface area contributed by atoms with Crippen molar-refractivity contribution in [3.05, 3.63) is 0 Å². The lowest BCUT2D eigenvalue weighted by Crippen LogP contribution is -2.18. The van der Waals surface area contributed by atoms with Gasteiger partial charge in [-0.05, 0) is 12.8 Å². The van der Waals surface area contributed by atoms with Gasteiger partial charge >= 0.3 is 0 Å². The van der Waals surface area contributed by atoms with Crippen LogP contribution in [0.25, 0.3) is 0 Å². The van der Waals surface area contributed by atoms with E-state index in [1.165, 1.54) is 25.7 Å². The van der Waals surface area contributed by atoms with Gasteiger partial charge in [0.2, 0.25) is 0 Å². The molecule has 2 atom stereocenters. The predicted molar refractivity (Wildman–Crippen MR) is 65.8 cm³/mol. The molecule has 0 fully saturated rings. The predicted octanol–water partition coefficient (Wildman–Crippen LogP) is 4.48. The van der Waals surface area contributed by atoms with Crippen molar-refractivity contribution in [2.24, 2.45) is 0 Å². The first kappa shape index (κ1) is 13.9. The Morgan fingerprint density at radius 3 is 2.31 bits per heavy atom. The topological polar surface area (TPSA) is 9.23 Å². The Kier molecular flexibility index (Phi) is 10.1. The molecule has 0 aromatic rings. The van der Waals surface area contributed by atoms with Crippen molar-refractivity contribution in [3.63, 3.8) is 0 Å². The summed E-state index contributed by atoms with van der Waals surface area (Å²) in [4.78, 5) is 0.444. The van der Waals surface area contributed by atoms with Gasteiger partial charge in [0.25, 0.3) is 0 Å². The summed E-state index contributed by atoms with van der Waals surface area (Å²) in [7, 11) is 0. The number of unbranched alkanes of at least 4 members (excludes halogenated alkanes) is 2. The zero-order valence-corrected chi connectivity index (χ0v) is 11.7. The monoisotopic (exact) mass is 314 g/mol. The second-order valence-corrected chi connectivity index (χ2v) is 5.31. The van der Waals surface area contributed by atoms with Crippen molar-refractivity contribution >= 4 is 31.9 Å². The van der Waals surface area contributed by atoms with Crippen LogP contribution in [0.3, 0.4) is 0 Å². The van der Waals surface area contributed by atoms with Crippen LogP contribution >= 0.6 is 31.9 Å². The molecule has 1 nitrogen and oxygen atoms in total. The Morgan fingerprint density at radius 1 is 1.08 bits per heavy atom. The van der Waals surface area contributed by atoms with E-state index in [1.807, 2.05) is 0 Å². The summed E-state index contributed by atoms with van der Waals surface area (Å²) in [6.45, 7) is 5.26. The van der Waals surface area contributed by atoms with Gasteiger partial charge in [0.05, 0.1) is 4.83 Å². The summed E-state index contributed by atoms with van der Waals surface area (Å²) < 4.78 is 5.63. The summed E-state index contributed by atoms with van der Waals surface area (Å²) in [5, 5.41) is 0.171. The zero-order valence-electron chi connectivity index (χ0n) is 8.56. The Hall–Kier alpha value is 0.920. The van der Waals surface area contributed by atoms with Crippen molar-refractivity contribution in [2.45, 2.75) is 55.8 Å². The van der Waals surface area contributed by atoms with Crippen molar-refractivity contribution in [1.82, 2.24) is 0 Å². The quantitative estimate of drug-likeness (QED) is 0.474. The number of rotatable bonds is 8. The highest BCUT2D eigenvalue weighted by Gasteiger charge is 2.14. The van der Waals surface area contributed by atoms with Gasteiger partial charge in [-0.1, -0.05) is 65.0 Å². The van der Waals surface area contributed by atoms with Crippen molar-refractivity contribution in [1.29, 1.82) is 0 Å². The maximum atomic E-state index is 5.63. The zero-order chi connectivity index (χ0) is 10.1. The fourth-order valence-electron chi connectivity index (χ4n) is 1.06. The highest BCUT2D eigenvalue weighted by atomic mass is 79.9. The molecule has 0 aromatic heterocycles. The van der Waals surface area contributed by atoms with Crippen LogP contribution in [0.2, 0.25) is 0 Å². The van der Waals surface area contributed by atoms with E-state index in [0.717, 1.165) is 13.0 Å². The molecule has 0 aromatic carbocycles. The molecule has 0 saturated heterocycles. The van der Waals surface area contributed by atoms with Crippen molar-refractivity contribution in [2.75, 3.05) is 6.61 Å². The number of hydrogen-bond acceptors (Lipinski definition) is 1. The molecule has 0 N–H and O–H groups in total. The fourth-order valence-corrected chi connectivity index (χ4v) is 2.12. The van der Waals surface area contributed by atoms with Crippen LogP contribution < -0.4 is 0 Å². The van der Waals surface area contributed by atoms with Crippen LogP contribution in [0, 0.1) is 0 Å². The average Bonchev–Trinajstić information content (AvgIpc) is 2.12. The lowest BCUT2D eigenvalue weighted by atomic mass is 10.2. The largest absolute Gasteiger partial charge is 0.366 e. The molecule has 0 bridgehead atoms. The lowest BCUT2D eigenvalue weighted by Gasteiger charge is -2.16. The smallest absolute Gasteiger partial charge is 0.124 e. The SMILES string of the molecule is CCCCCOC(Br)C(Br)CCC. The van der Waals surface area contributed by atoms with Gasteiger partial charge in [-0.2, -0.15) is 0 Å². The van der Waals surface area contributed by atoms with Crippen LogP contribution in [0.15, 0.2) is 0 Å². The van der Waals surface area contributed by atoms with Crippen molar-refractivity contribution in [3.8, 4) is 0 Å². The van der Waals surface area contributed by atoms with Crippen LogP contribution in [0.4, 0.5) is 0 Å². The van der Waals surface area contributed by atoms with Gasteiger partial charge in [0.1, 0.15) is 5.01 Å². The standard InChI is InChI=1S/C10H20Br2O/c1-3-5-6-8-13-10(12)9(11)7-4-2/h9-10H,3-8H2,1-2H3. The molecule has 0 spiro atoms. The third-order valence-electron chi connectivity index (χ3n) is 1.87. The Morgan fingerprint density at radius 2 is 1.77 bits per heavy atom. The average molecular weight is 316 g/mol. The fraction of sp³-hybridized carbons (Fsp3) is 1.00. The van der Waals surface area contributed by atoms with Gasteiger partial charge in [0.15, 0.2) is 0 Å². The highest BCUT2D eigenvalue weighted by Crippen LogP contribution is 2.20. The number of hydrogen-bond donors (Lipinski definition) is 0. The molecule has 0 saturated carbocycles. The molecule has 3 heteroatoms. The summed E-state index contributed by atoms with van der Waals surface area (Å²) in [5.74, 6) is 0. The minimum atomic E-state index is 0.171. The Labute approximate surface area is 98.9 Å². The van der Waals surface area contributed by atoms with Gasteiger partial charge < -0.3 is 4.74 Å². The first-order chi connectivity index (χ1) is 6.22. The molecular weight excluding hydrogens is 296 g/mol. The molecule has 13 heavy (non-hydrogen) atoms. The summed E-state index contributed by atoms with van der Waals surface area (Å²) in [6.07, 6.45) is 6.04. The second kappa shape index (κ2) is 9.47. The van der Waals surface area contributed by atoms with E-state index in [2.05, 4.69) is 45.7 Å². The molecule has 2 unspecified atom stereocenters. The van der Waals surface area contributed by atoms with Gasteiger partial charge in [-0.15, -0.1) is 0 Å². The van der Waals surface area contributed by atoms with Crippen LogP contribution in [0.1, 0.15) is 46.0 Å². The van der Waals surface area contributed by atoms with E-state index >= 15 is 0 Å². The van der Waals surface area contributed by atoms with E-state index < -0.39 is 0 Å². The maximum absolute atomic E-state index is 5.63. The van der Waals surface area contributed by atoms with Gasteiger partial charge in [0, 0.05) is 6.61 Å². The van der Waals surface area contributed by atoms with E-state index in [1.54, 1.807) is 0 Å². The highest BCUT2D eigenvalue weighted by molar-refractivity contribution is 9.12. The summed E-state index contributed by atoms with van der Waals surface area (Å²) >= 11 is 7.13. The second-order valence-electron chi connectivity index (χ2n) is 3.23. The number of halogens is 2. The van der Waals surface area contributed by atoms with E-state index in [0.29, 0.717) is 4.83 Å². The van der Waals surface area contributed by atoms with Crippen LogP contribution in [-0.2, 0) is 4.74 Å². The third-order valence-corrected chi connectivity index (χ3v) is 4.42. The molecule has 0 heterocycles. The molecule has 0 aliphatic carbocycles.